The van der Waals surface area contributed by atoms with Crippen molar-refractivity contribution in [2.75, 3.05) is 14.2 Å². The molecular weight excluding hydrogens is 458 g/mol. The number of hydrogen-bond donors (Lipinski definition) is 2. The minimum Gasteiger partial charge on any atom is -0.506 e. The summed E-state index contributed by atoms with van der Waals surface area (Å²) in [5.41, 5.74) is 0.917. The van der Waals surface area contributed by atoms with Crippen LogP contribution in [-0.2, 0) is 20.9 Å². The summed E-state index contributed by atoms with van der Waals surface area (Å²) in [6.07, 6.45) is -0.686. The van der Waals surface area contributed by atoms with E-state index < -0.39 is 23.2 Å². The van der Waals surface area contributed by atoms with Gasteiger partial charge in [0.1, 0.15) is 28.5 Å². The molecule has 3 aromatic carbocycles. The van der Waals surface area contributed by atoms with E-state index in [1.165, 1.54) is 6.92 Å². The zero-order valence-electron chi connectivity index (χ0n) is 20.5. The SMILES string of the molecule is COc1ccc(C2(c3ccc(OC)cc3)N=C3C(C(C)=O)=C(O)c4ccccc4C3(O)OC2C)cc1. The first-order valence-electron chi connectivity index (χ1n) is 11.6. The third-order valence-electron chi connectivity index (χ3n) is 6.98. The zero-order chi connectivity index (χ0) is 25.7. The second-order valence-corrected chi connectivity index (χ2v) is 8.91. The molecule has 7 heteroatoms. The van der Waals surface area contributed by atoms with Crippen LogP contribution in [0.15, 0.2) is 83.4 Å². The number of ketones is 1. The van der Waals surface area contributed by atoms with Crippen LogP contribution < -0.4 is 9.47 Å². The fourth-order valence-corrected chi connectivity index (χ4v) is 5.18. The van der Waals surface area contributed by atoms with Crippen molar-refractivity contribution >= 4 is 17.3 Å². The Bertz CT molecular complexity index is 1340. The second-order valence-electron chi connectivity index (χ2n) is 8.91. The summed E-state index contributed by atoms with van der Waals surface area (Å²) < 4.78 is 17.1. The molecule has 1 aliphatic heterocycles. The highest BCUT2D eigenvalue weighted by molar-refractivity contribution is 6.30. The molecule has 2 N–H and O–H groups in total. The van der Waals surface area contributed by atoms with Crippen LogP contribution in [0.3, 0.4) is 0 Å². The Morgan fingerprint density at radius 1 is 0.917 bits per heavy atom. The largest absolute Gasteiger partial charge is 0.506 e. The van der Waals surface area contributed by atoms with Crippen LogP contribution in [0.2, 0.25) is 0 Å². The van der Waals surface area contributed by atoms with E-state index in [9.17, 15) is 15.0 Å². The van der Waals surface area contributed by atoms with Gasteiger partial charge in [-0.05, 0) is 49.2 Å². The van der Waals surface area contributed by atoms with Gasteiger partial charge in [0.15, 0.2) is 5.78 Å². The maximum Gasteiger partial charge on any atom is 0.238 e. The molecule has 0 saturated carbocycles. The summed E-state index contributed by atoms with van der Waals surface area (Å²) in [5.74, 6) is -1.35. The van der Waals surface area contributed by atoms with E-state index in [0.29, 0.717) is 22.6 Å². The highest BCUT2D eigenvalue weighted by atomic mass is 16.6. The molecule has 36 heavy (non-hydrogen) atoms. The number of aliphatic hydroxyl groups is 2. The van der Waals surface area contributed by atoms with E-state index in [1.807, 2.05) is 55.5 Å². The van der Waals surface area contributed by atoms with Crippen molar-refractivity contribution in [3.8, 4) is 11.5 Å². The topological polar surface area (TPSA) is 97.6 Å². The summed E-state index contributed by atoms with van der Waals surface area (Å²) in [6.45, 7) is 3.17. The number of aliphatic hydroxyl groups excluding tert-OH is 1. The molecule has 184 valence electrons. The van der Waals surface area contributed by atoms with Crippen molar-refractivity contribution < 1.29 is 29.2 Å². The van der Waals surface area contributed by atoms with Crippen LogP contribution in [0.25, 0.3) is 5.76 Å². The monoisotopic (exact) mass is 485 g/mol. The van der Waals surface area contributed by atoms with Crippen LogP contribution >= 0.6 is 0 Å². The number of hydrogen-bond acceptors (Lipinski definition) is 7. The van der Waals surface area contributed by atoms with Crippen LogP contribution in [0.5, 0.6) is 11.5 Å². The van der Waals surface area contributed by atoms with Crippen LogP contribution in [-0.4, -0.2) is 42.0 Å². The maximum absolute atomic E-state index is 12.9. The molecule has 7 nitrogen and oxygen atoms in total. The van der Waals surface area contributed by atoms with Gasteiger partial charge in [0.05, 0.1) is 25.9 Å². The van der Waals surface area contributed by atoms with Crippen molar-refractivity contribution in [3.63, 3.8) is 0 Å². The highest BCUT2D eigenvalue weighted by Gasteiger charge is 2.56. The van der Waals surface area contributed by atoms with E-state index in [-0.39, 0.29) is 17.0 Å². The predicted octanol–water partition coefficient (Wildman–Crippen LogP) is 4.52. The van der Waals surface area contributed by atoms with Gasteiger partial charge in [-0.3, -0.25) is 9.79 Å². The third kappa shape index (κ3) is 3.35. The molecule has 0 aromatic heterocycles. The van der Waals surface area contributed by atoms with Gasteiger partial charge in [-0.25, -0.2) is 0 Å². The first-order valence-corrected chi connectivity index (χ1v) is 11.6. The quantitative estimate of drug-likeness (QED) is 0.551. The Kier molecular flexibility index (Phi) is 5.70. The molecule has 1 heterocycles. The Balaban J connectivity index is 1.85. The van der Waals surface area contributed by atoms with Crippen molar-refractivity contribution in [2.24, 2.45) is 4.99 Å². The summed E-state index contributed by atoms with van der Waals surface area (Å²) in [4.78, 5) is 18.0. The van der Waals surface area contributed by atoms with Gasteiger partial charge in [0, 0.05) is 11.1 Å². The molecule has 5 rings (SSSR count). The van der Waals surface area contributed by atoms with Crippen LogP contribution in [0.1, 0.15) is 36.1 Å². The van der Waals surface area contributed by atoms with E-state index in [2.05, 4.69) is 0 Å². The van der Waals surface area contributed by atoms with Crippen molar-refractivity contribution in [1.29, 1.82) is 0 Å². The van der Waals surface area contributed by atoms with Crippen molar-refractivity contribution in [3.05, 3.63) is 101 Å². The number of Topliss-reactive ketones (excluding diaryl/α,β-unsaturated/α-hetero) is 1. The molecule has 0 saturated heterocycles. The van der Waals surface area contributed by atoms with Gasteiger partial charge in [-0.1, -0.05) is 48.5 Å². The van der Waals surface area contributed by atoms with E-state index in [1.54, 1.807) is 38.5 Å². The summed E-state index contributed by atoms with van der Waals surface area (Å²) >= 11 is 0. The number of aliphatic imine (C=N–C) groups is 1. The number of benzene rings is 3. The Morgan fingerprint density at radius 3 is 1.94 bits per heavy atom. The van der Waals surface area contributed by atoms with Crippen LogP contribution in [0, 0.1) is 0 Å². The van der Waals surface area contributed by atoms with E-state index >= 15 is 0 Å². The lowest BCUT2D eigenvalue weighted by molar-refractivity contribution is -0.207. The van der Waals surface area contributed by atoms with Gasteiger partial charge in [0.2, 0.25) is 5.79 Å². The van der Waals surface area contributed by atoms with Gasteiger partial charge in [-0.2, -0.15) is 0 Å². The van der Waals surface area contributed by atoms with Gasteiger partial charge in [0.25, 0.3) is 0 Å². The summed E-state index contributed by atoms with van der Waals surface area (Å²) in [6, 6.07) is 21.6. The molecular formula is C29H27NO6. The zero-order valence-corrected chi connectivity index (χ0v) is 20.5. The second kappa shape index (κ2) is 8.62. The first-order chi connectivity index (χ1) is 17.3. The number of fused-ring (bicyclic) bond motifs is 3. The van der Waals surface area contributed by atoms with Gasteiger partial charge < -0.3 is 24.4 Å². The lowest BCUT2D eigenvalue weighted by Gasteiger charge is -2.48. The van der Waals surface area contributed by atoms with Crippen molar-refractivity contribution in [1.82, 2.24) is 0 Å². The number of carbonyl (C=O) groups is 1. The van der Waals surface area contributed by atoms with Gasteiger partial charge in [-0.15, -0.1) is 0 Å². The highest BCUT2D eigenvalue weighted by Crippen LogP contribution is 2.51. The lowest BCUT2D eigenvalue weighted by atomic mass is 9.74. The molecule has 0 amide bonds. The number of ether oxygens (including phenoxy) is 3. The number of nitrogens with zero attached hydrogens (tertiary/aromatic N) is 1. The molecule has 0 spiro atoms. The molecule has 0 radical (unpaired) electrons. The molecule has 2 unspecified atom stereocenters. The molecule has 2 atom stereocenters. The predicted molar refractivity (Wildman–Crippen MR) is 135 cm³/mol. The average molecular weight is 486 g/mol. The fourth-order valence-electron chi connectivity index (χ4n) is 5.18. The minimum atomic E-state index is -2.02. The Hall–Kier alpha value is -3.94. The van der Waals surface area contributed by atoms with Gasteiger partial charge >= 0.3 is 0 Å². The standard InChI is InChI=1S/C29H27NO6/c1-17(31)25-26(32)23-7-5-6-8-24(23)29(33)27(25)30-28(18(2)36-29,19-9-13-21(34-3)14-10-19)20-11-15-22(35-4)16-12-20/h5-16,18,32-33H,1-4H3. The number of rotatable bonds is 5. The number of methoxy groups -OCH3 is 2. The van der Waals surface area contributed by atoms with Crippen molar-refractivity contribution in [2.45, 2.75) is 31.3 Å². The lowest BCUT2D eigenvalue weighted by Crippen LogP contribution is -2.56. The molecule has 2 aliphatic rings. The first kappa shape index (κ1) is 23.8. The van der Waals surface area contributed by atoms with E-state index in [4.69, 9.17) is 19.2 Å². The molecule has 3 aromatic rings. The molecule has 0 bridgehead atoms. The third-order valence-corrected chi connectivity index (χ3v) is 6.98. The molecule has 0 fully saturated rings. The maximum atomic E-state index is 12.9. The Morgan fingerprint density at radius 2 is 1.44 bits per heavy atom. The number of carbonyl (C=O) groups excluding carboxylic acids is 1. The summed E-state index contributed by atoms with van der Waals surface area (Å²) in [5, 5.41) is 23.1. The average Bonchev–Trinajstić information content (AvgIpc) is 2.89. The molecule has 1 aliphatic carbocycles. The van der Waals surface area contributed by atoms with E-state index in [0.717, 1.165) is 11.1 Å². The minimum absolute atomic E-state index is 0.0315. The van der Waals surface area contributed by atoms with Crippen LogP contribution in [0.4, 0.5) is 0 Å². The smallest absolute Gasteiger partial charge is 0.238 e. The summed E-state index contributed by atoms with van der Waals surface area (Å²) in [7, 11) is 3.18. The Labute approximate surface area is 209 Å². The fraction of sp³-hybridized carbons (Fsp3) is 0.241. The normalized spacial score (nSPS) is 22.2.